The smallest absolute Gasteiger partial charge is 0.163 e. The molecule has 2 aromatic rings. The number of rotatable bonds is 1. The van der Waals surface area contributed by atoms with Crippen molar-refractivity contribution in [3.05, 3.63) is 18.0 Å². The van der Waals surface area contributed by atoms with E-state index in [9.17, 15) is 4.79 Å². The van der Waals surface area contributed by atoms with Gasteiger partial charge >= 0.3 is 0 Å². The van der Waals surface area contributed by atoms with E-state index in [4.69, 9.17) is 0 Å². The van der Waals surface area contributed by atoms with Crippen LogP contribution in [0.5, 0.6) is 0 Å². The summed E-state index contributed by atoms with van der Waals surface area (Å²) in [5.74, 6) is -0.0430. The molecule has 0 unspecified atom stereocenters. The van der Waals surface area contributed by atoms with Crippen molar-refractivity contribution in [3.63, 3.8) is 0 Å². The van der Waals surface area contributed by atoms with E-state index in [0.717, 1.165) is 5.52 Å². The quantitative estimate of drug-likeness (QED) is 0.596. The molecule has 2 heterocycles. The first kappa shape index (κ1) is 7.85. The minimum absolute atomic E-state index is 0.0430. The Hall–Kier alpha value is -1.78. The van der Waals surface area contributed by atoms with Gasteiger partial charge in [0, 0.05) is 13.2 Å². The lowest BCUT2D eigenvalue weighted by Crippen LogP contribution is -1.95. The zero-order valence-electron chi connectivity index (χ0n) is 7.35. The number of ketones is 1. The summed E-state index contributed by atoms with van der Waals surface area (Å²) >= 11 is 0. The molecule has 0 radical (unpaired) electrons. The van der Waals surface area contributed by atoms with E-state index < -0.39 is 0 Å². The second-order valence-corrected chi connectivity index (χ2v) is 2.82. The van der Waals surface area contributed by atoms with Gasteiger partial charge in [-0.05, 0) is 6.92 Å². The minimum atomic E-state index is -0.0430. The number of aromatic nitrogens is 4. The van der Waals surface area contributed by atoms with Crippen molar-refractivity contribution >= 4 is 16.8 Å². The molecule has 0 bridgehead atoms. The van der Waals surface area contributed by atoms with E-state index in [1.807, 2.05) is 0 Å². The SMILES string of the molecule is CC(=O)c1cncc2c1nnn2C. The predicted molar refractivity (Wildman–Crippen MR) is 46.3 cm³/mol. The molecule has 0 fully saturated rings. The Kier molecular flexibility index (Phi) is 1.58. The summed E-state index contributed by atoms with van der Waals surface area (Å²) in [7, 11) is 1.76. The third-order valence-corrected chi connectivity index (χ3v) is 1.91. The molecule has 0 aliphatic rings. The standard InChI is InChI=1S/C8H8N4O/c1-5(13)6-3-9-4-7-8(6)10-11-12(7)2/h3-4H,1-2H3. The van der Waals surface area contributed by atoms with E-state index in [2.05, 4.69) is 15.3 Å². The third kappa shape index (κ3) is 1.09. The number of fused-ring (bicyclic) bond motifs is 1. The number of carbonyl (C=O) groups is 1. The highest BCUT2D eigenvalue weighted by molar-refractivity contribution is 6.04. The van der Waals surface area contributed by atoms with Crippen LogP contribution in [0.25, 0.3) is 11.0 Å². The fourth-order valence-corrected chi connectivity index (χ4v) is 1.20. The fraction of sp³-hybridized carbons (Fsp3) is 0.250. The van der Waals surface area contributed by atoms with Crippen molar-refractivity contribution in [2.24, 2.45) is 7.05 Å². The lowest BCUT2D eigenvalue weighted by Gasteiger charge is -1.94. The summed E-state index contributed by atoms with van der Waals surface area (Å²) in [5, 5.41) is 7.70. The van der Waals surface area contributed by atoms with Gasteiger partial charge in [0.05, 0.1) is 11.8 Å². The highest BCUT2D eigenvalue weighted by Gasteiger charge is 2.10. The zero-order chi connectivity index (χ0) is 9.42. The van der Waals surface area contributed by atoms with Crippen molar-refractivity contribution in [3.8, 4) is 0 Å². The zero-order valence-corrected chi connectivity index (χ0v) is 7.35. The van der Waals surface area contributed by atoms with Crippen molar-refractivity contribution in [1.82, 2.24) is 20.0 Å². The maximum Gasteiger partial charge on any atom is 0.163 e. The van der Waals surface area contributed by atoms with Gasteiger partial charge in [-0.25, -0.2) is 4.68 Å². The van der Waals surface area contributed by atoms with Crippen LogP contribution in [0.4, 0.5) is 0 Å². The van der Waals surface area contributed by atoms with Crippen LogP contribution in [0.1, 0.15) is 17.3 Å². The Labute approximate surface area is 74.4 Å². The molecule has 5 heteroatoms. The number of pyridine rings is 1. The second-order valence-electron chi connectivity index (χ2n) is 2.82. The molecule has 2 rings (SSSR count). The summed E-state index contributed by atoms with van der Waals surface area (Å²) in [6, 6.07) is 0. The number of Topliss-reactive ketones (excluding diaryl/α,β-unsaturated/α-hetero) is 1. The number of aryl methyl sites for hydroxylation is 1. The summed E-state index contributed by atoms with van der Waals surface area (Å²) in [6.07, 6.45) is 3.15. The van der Waals surface area contributed by atoms with Crippen molar-refractivity contribution < 1.29 is 4.79 Å². The Morgan fingerprint density at radius 2 is 2.23 bits per heavy atom. The van der Waals surface area contributed by atoms with E-state index in [-0.39, 0.29) is 5.78 Å². The van der Waals surface area contributed by atoms with Gasteiger partial charge < -0.3 is 0 Å². The molecule has 0 aromatic carbocycles. The molecule has 0 spiro atoms. The van der Waals surface area contributed by atoms with Crippen molar-refractivity contribution in [2.75, 3.05) is 0 Å². The van der Waals surface area contributed by atoms with Gasteiger partial charge in [0.25, 0.3) is 0 Å². The van der Waals surface area contributed by atoms with Gasteiger partial charge in [0.2, 0.25) is 0 Å². The molecule has 0 atom stereocenters. The summed E-state index contributed by atoms with van der Waals surface area (Å²) < 4.78 is 1.59. The fourth-order valence-electron chi connectivity index (χ4n) is 1.20. The molecular weight excluding hydrogens is 168 g/mol. The van der Waals surface area contributed by atoms with Crippen LogP contribution in [0, 0.1) is 0 Å². The minimum Gasteiger partial charge on any atom is -0.294 e. The molecule has 0 aliphatic heterocycles. The van der Waals surface area contributed by atoms with Crippen LogP contribution < -0.4 is 0 Å². The molecule has 0 amide bonds. The number of carbonyl (C=O) groups excluding carboxylic acids is 1. The maximum atomic E-state index is 11.2. The summed E-state index contributed by atoms with van der Waals surface area (Å²) in [4.78, 5) is 15.1. The first-order chi connectivity index (χ1) is 6.20. The topological polar surface area (TPSA) is 60.7 Å². The molecule has 0 aliphatic carbocycles. The average molecular weight is 176 g/mol. The van der Waals surface area contributed by atoms with E-state index in [1.54, 1.807) is 17.9 Å². The van der Waals surface area contributed by atoms with Gasteiger partial charge in [0.1, 0.15) is 11.0 Å². The third-order valence-electron chi connectivity index (χ3n) is 1.91. The maximum absolute atomic E-state index is 11.2. The number of hydrogen-bond donors (Lipinski definition) is 0. The largest absolute Gasteiger partial charge is 0.294 e. The van der Waals surface area contributed by atoms with Crippen LogP contribution in [0.3, 0.4) is 0 Å². The van der Waals surface area contributed by atoms with Crippen LogP contribution >= 0.6 is 0 Å². The van der Waals surface area contributed by atoms with Gasteiger partial charge in [0.15, 0.2) is 5.78 Å². The monoisotopic (exact) mass is 176 g/mol. The molecule has 66 valence electrons. The van der Waals surface area contributed by atoms with Gasteiger partial charge in [-0.1, -0.05) is 5.21 Å². The average Bonchev–Trinajstić information content (AvgIpc) is 2.48. The van der Waals surface area contributed by atoms with E-state index in [1.165, 1.54) is 13.1 Å². The van der Waals surface area contributed by atoms with E-state index in [0.29, 0.717) is 11.1 Å². The molecule has 0 saturated heterocycles. The lowest BCUT2D eigenvalue weighted by molar-refractivity contribution is 0.101. The van der Waals surface area contributed by atoms with Crippen molar-refractivity contribution in [1.29, 1.82) is 0 Å². The number of hydrogen-bond acceptors (Lipinski definition) is 4. The Morgan fingerprint density at radius 1 is 1.46 bits per heavy atom. The van der Waals surface area contributed by atoms with Gasteiger partial charge in [-0.3, -0.25) is 9.78 Å². The van der Waals surface area contributed by atoms with Crippen LogP contribution in [0.15, 0.2) is 12.4 Å². The van der Waals surface area contributed by atoms with Crippen molar-refractivity contribution in [2.45, 2.75) is 6.92 Å². The van der Waals surface area contributed by atoms with Crippen LogP contribution in [0.2, 0.25) is 0 Å². The molecule has 0 N–H and O–H groups in total. The van der Waals surface area contributed by atoms with Crippen LogP contribution in [-0.4, -0.2) is 25.8 Å². The predicted octanol–water partition coefficient (Wildman–Crippen LogP) is 0.566. The first-order valence-corrected chi connectivity index (χ1v) is 3.84. The van der Waals surface area contributed by atoms with Gasteiger partial charge in [-0.15, -0.1) is 5.10 Å². The van der Waals surface area contributed by atoms with E-state index >= 15 is 0 Å². The molecule has 5 nitrogen and oxygen atoms in total. The summed E-state index contributed by atoms with van der Waals surface area (Å²) in [6.45, 7) is 1.49. The normalized spacial score (nSPS) is 10.6. The highest BCUT2D eigenvalue weighted by atomic mass is 16.1. The molecule has 13 heavy (non-hydrogen) atoms. The van der Waals surface area contributed by atoms with Crippen LogP contribution in [-0.2, 0) is 7.05 Å². The van der Waals surface area contributed by atoms with Gasteiger partial charge in [-0.2, -0.15) is 0 Å². The Morgan fingerprint density at radius 3 is 2.92 bits per heavy atom. The first-order valence-electron chi connectivity index (χ1n) is 3.84. The lowest BCUT2D eigenvalue weighted by atomic mass is 10.2. The number of nitrogens with zero attached hydrogens (tertiary/aromatic N) is 4. The Balaban J connectivity index is 2.84. The molecule has 2 aromatic heterocycles. The molecule has 0 saturated carbocycles. The second kappa shape index (κ2) is 2.62. The highest BCUT2D eigenvalue weighted by Crippen LogP contribution is 2.13. The summed E-state index contributed by atoms with van der Waals surface area (Å²) in [5.41, 5.74) is 1.91. The molecular formula is C8H8N4O. The Bertz CT molecular complexity index is 474.